The van der Waals surface area contributed by atoms with Gasteiger partial charge in [0.1, 0.15) is 0 Å². The van der Waals surface area contributed by atoms with Crippen LogP contribution >= 0.6 is 0 Å². The Bertz CT molecular complexity index is 1200. The third kappa shape index (κ3) is 10.3. The molecule has 3 fully saturated rings. The van der Waals surface area contributed by atoms with Gasteiger partial charge in [0.25, 0.3) is 0 Å². The number of carbonyl (C=O) groups is 2. The number of nitrogens with zero attached hydrogens (tertiary/aromatic N) is 4. The topological polar surface area (TPSA) is 71.2 Å². The van der Waals surface area contributed by atoms with Crippen LogP contribution in [-0.4, -0.2) is 73.2 Å². The molecule has 0 radical (unpaired) electrons. The van der Waals surface area contributed by atoms with E-state index < -0.39 is 0 Å². The van der Waals surface area contributed by atoms with E-state index >= 15 is 0 Å². The van der Waals surface area contributed by atoms with Gasteiger partial charge in [0, 0.05) is 74.1 Å². The fourth-order valence-electron chi connectivity index (χ4n) is 8.95. The molecule has 276 valence electrons. The van der Waals surface area contributed by atoms with Crippen molar-refractivity contribution in [1.82, 2.24) is 9.80 Å². The molecule has 8 heteroatoms. The van der Waals surface area contributed by atoms with E-state index in [9.17, 15) is 9.59 Å². The Balaban J connectivity index is 1.24. The quantitative estimate of drug-likeness (QED) is 0.208. The summed E-state index contributed by atoms with van der Waals surface area (Å²) in [6.45, 7) is 14.2. The second-order valence-corrected chi connectivity index (χ2v) is 15.1. The number of hydrogen-bond acceptors (Lipinski definition) is 4. The van der Waals surface area contributed by atoms with Crippen molar-refractivity contribution in [2.24, 2.45) is 11.8 Å². The minimum Gasteiger partial charge on any atom is -0.372 e. The van der Waals surface area contributed by atoms with Crippen molar-refractivity contribution < 1.29 is 9.59 Å². The van der Waals surface area contributed by atoms with Crippen LogP contribution in [0.1, 0.15) is 118 Å². The normalized spacial score (nSPS) is 20.2. The zero-order chi connectivity index (χ0) is 35.3. The largest absolute Gasteiger partial charge is 0.372 e. The summed E-state index contributed by atoms with van der Waals surface area (Å²) in [4.78, 5) is 37.0. The van der Waals surface area contributed by atoms with Gasteiger partial charge in [-0.15, -0.1) is 0 Å². The third-order valence-electron chi connectivity index (χ3n) is 11.8. The summed E-state index contributed by atoms with van der Waals surface area (Å²) in [7, 11) is 0. The van der Waals surface area contributed by atoms with E-state index in [1.807, 2.05) is 24.3 Å². The van der Waals surface area contributed by atoms with E-state index in [0.29, 0.717) is 23.9 Å². The minimum atomic E-state index is 0.0461. The first-order valence-electron chi connectivity index (χ1n) is 20.3. The fourth-order valence-corrected chi connectivity index (χ4v) is 8.95. The number of urea groups is 2. The Morgan fingerprint density at radius 1 is 0.520 bits per heavy atom. The molecular formula is C42H66N6O2. The molecule has 2 N–H and O–H groups in total. The highest BCUT2D eigenvalue weighted by atomic mass is 16.2. The summed E-state index contributed by atoms with van der Waals surface area (Å²) in [6.07, 6.45) is 16.2. The Morgan fingerprint density at radius 3 is 1.22 bits per heavy atom. The zero-order valence-corrected chi connectivity index (χ0v) is 31.7. The third-order valence-corrected chi connectivity index (χ3v) is 11.8. The molecular weight excluding hydrogens is 621 g/mol. The average Bonchev–Trinajstić information content (AvgIpc) is 3.16. The van der Waals surface area contributed by atoms with Crippen molar-refractivity contribution >= 4 is 34.8 Å². The maximum atomic E-state index is 14.0. The number of rotatable bonds is 14. The molecule has 2 aromatic rings. The summed E-state index contributed by atoms with van der Waals surface area (Å²) in [5, 5.41) is 6.55. The molecule has 2 aromatic carbocycles. The molecule has 4 amide bonds. The van der Waals surface area contributed by atoms with Crippen LogP contribution in [0.25, 0.3) is 0 Å². The van der Waals surface area contributed by atoms with E-state index in [2.05, 4.69) is 82.2 Å². The van der Waals surface area contributed by atoms with E-state index in [0.717, 1.165) is 102 Å². The van der Waals surface area contributed by atoms with Gasteiger partial charge < -0.3 is 30.2 Å². The lowest BCUT2D eigenvalue weighted by Crippen LogP contribution is -2.48. The predicted octanol–water partition coefficient (Wildman–Crippen LogP) is 10.2. The molecule has 0 aliphatic heterocycles. The maximum absolute atomic E-state index is 14.0. The van der Waals surface area contributed by atoms with Gasteiger partial charge in [-0.2, -0.15) is 0 Å². The Morgan fingerprint density at radius 2 is 0.880 bits per heavy atom. The first kappa shape index (κ1) is 37.8. The highest BCUT2D eigenvalue weighted by Gasteiger charge is 2.34. The minimum absolute atomic E-state index is 0.0461. The highest BCUT2D eigenvalue weighted by Crippen LogP contribution is 2.34. The van der Waals surface area contributed by atoms with E-state index in [1.165, 1.54) is 49.9 Å². The molecule has 0 heterocycles. The molecule has 2 unspecified atom stereocenters. The van der Waals surface area contributed by atoms with E-state index in [1.54, 1.807) is 0 Å². The Hall–Kier alpha value is -3.42. The molecule has 0 aromatic heterocycles. The number of anilines is 4. The van der Waals surface area contributed by atoms with Crippen LogP contribution in [0, 0.1) is 11.8 Å². The first-order valence-corrected chi connectivity index (χ1v) is 20.3. The van der Waals surface area contributed by atoms with Crippen molar-refractivity contribution in [1.29, 1.82) is 0 Å². The van der Waals surface area contributed by atoms with Crippen molar-refractivity contribution in [3.8, 4) is 0 Å². The van der Waals surface area contributed by atoms with E-state index in [4.69, 9.17) is 0 Å². The summed E-state index contributed by atoms with van der Waals surface area (Å²) >= 11 is 0. The molecule has 0 bridgehead atoms. The number of carbonyl (C=O) groups excluding carboxylic acids is 2. The summed E-state index contributed by atoms with van der Waals surface area (Å²) in [5.41, 5.74) is 4.11. The highest BCUT2D eigenvalue weighted by molar-refractivity contribution is 5.90. The van der Waals surface area contributed by atoms with E-state index in [-0.39, 0.29) is 12.1 Å². The Labute approximate surface area is 303 Å². The summed E-state index contributed by atoms with van der Waals surface area (Å²) < 4.78 is 0. The Kier molecular flexibility index (Phi) is 14.6. The molecule has 0 spiro atoms. The van der Waals surface area contributed by atoms with Crippen LogP contribution in [0.5, 0.6) is 0 Å². The lowest BCUT2D eigenvalue weighted by Gasteiger charge is -2.41. The van der Waals surface area contributed by atoms with Gasteiger partial charge in [-0.3, -0.25) is 0 Å². The van der Waals surface area contributed by atoms with Crippen LogP contribution < -0.4 is 20.4 Å². The molecule has 8 nitrogen and oxygen atoms in total. The van der Waals surface area contributed by atoms with Crippen LogP contribution in [0.3, 0.4) is 0 Å². The monoisotopic (exact) mass is 687 g/mol. The lowest BCUT2D eigenvalue weighted by molar-refractivity contribution is 0.111. The van der Waals surface area contributed by atoms with Gasteiger partial charge in [0.15, 0.2) is 0 Å². The van der Waals surface area contributed by atoms with Gasteiger partial charge >= 0.3 is 12.1 Å². The molecule has 3 aliphatic carbocycles. The zero-order valence-electron chi connectivity index (χ0n) is 31.7. The van der Waals surface area contributed by atoms with Crippen molar-refractivity contribution in [3.63, 3.8) is 0 Å². The molecule has 0 saturated heterocycles. The molecule has 3 aliphatic rings. The number of nitrogens with one attached hydrogen (secondary N) is 2. The predicted molar refractivity (Wildman–Crippen MR) is 211 cm³/mol. The van der Waals surface area contributed by atoms with Crippen molar-refractivity contribution in [2.45, 2.75) is 130 Å². The number of benzene rings is 2. The van der Waals surface area contributed by atoms with Crippen LogP contribution in [0.2, 0.25) is 0 Å². The van der Waals surface area contributed by atoms with Crippen LogP contribution in [0.4, 0.5) is 32.3 Å². The fraction of sp³-hybridized carbons (Fsp3) is 0.667. The molecule has 5 rings (SSSR count). The molecule has 3 saturated carbocycles. The molecule has 2 atom stereocenters. The molecule has 50 heavy (non-hydrogen) atoms. The summed E-state index contributed by atoms with van der Waals surface area (Å²) in [6, 6.07) is 17.4. The van der Waals surface area contributed by atoms with Crippen LogP contribution in [-0.2, 0) is 0 Å². The second-order valence-electron chi connectivity index (χ2n) is 15.1. The van der Waals surface area contributed by atoms with Crippen molar-refractivity contribution in [2.75, 3.05) is 59.7 Å². The lowest BCUT2D eigenvalue weighted by atomic mass is 9.80. The van der Waals surface area contributed by atoms with Gasteiger partial charge in [-0.1, -0.05) is 44.9 Å². The van der Waals surface area contributed by atoms with Crippen molar-refractivity contribution in [3.05, 3.63) is 48.5 Å². The van der Waals surface area contributed by atoms with Gasteiger partial charge in [0.2, 0.25) is 0 Å². The summed E-state index contributed by atoms with van der Waals surface area (Å²) in [5.74, 6) is 0.908. The van der Waals surface area contributed by atoms with Gasteiger partial charge in [-0.25, -0.2) is 9.59 Å². The maximum Gasteiger partial charge on any atom is 0.322 e. The first-order chi connectivity index (χ1) is 24.4. The second kappa shape index (κ2) is 19.3. The van der Waals surface area contributed by atoms with Gasteiger partial charge in [0.05, 0.1) is 0 Å². The average molecular weight is 687 g/mol. The number of amides is 4. The smallest absolute Gasteiger partial charge is 0.322 e. The SMILES string of the molecule is CCN(CC)c1ccc(NC(=O)N(CC2CCCC(CN(C(=O)Nc3ccc(N(CC)CC)cc3)C3CCCCC3)C2)C2CCCCC2)cc1. The van der Waals surface area contributed by atoms with Crippen LogP contribution in [0.15, 0.2) is 48.5 Å². The number of hydrogen-bond donors (Lipinski definition) is 2. The standard InChI is InChI=1S/C42H66N6O2/c1-5-45(6-2)37-26-22-35(23-27-37)43-41(49)47(39-18-11-9-12-19-39)31-33-16-15-17-34(30-33)32-48(40-20-13-10-14-21-40)42(50)44-36-24-28-38(29-25-36)46(7-3)8-4/h22-29,33-34,39-40H,5-21,30-32H2,1-4H3,(H,43,49)(H,44,50). The van der Waals surface area contributed by atoms with Gasteiger partial charge in [-0.05, 0) is 133 Å².